The zero-order valence-electron chi connectivity index (χ0n) is 9.60. The summed E-state index contributed by atoms with van der Waals surface area (Å²) in [5.41, 5.74) is 1.12. The Morgan fingerprint density at radius 1 is 1.33 bits per heavy atom. The maximum absolute atomic E-state index is 9.11. The Kier molecular flexibility index (Phi) is 4.43. The molecule has 0 aromatic heterocycles. The molecular weight excluding hydrogens is 190 g/mol. The molecule has 15 heavy (non-hydrogen) atoms. The molecular formula is C12H19NO2. The van der Waals surface area contributed by atoms with E-state index in [1.54, 1.807) is 6.92 Å². The minimum atomic E-state index is -0.767. The van der Waals surface area contributed by atoms with Crippen molar-refractivity contribution in [2.75, 3.05) is 18.0 Å². The molecule has 0 saturated carbocycles. The van der Waals surface area contributed by atoms with Gasteiger partial charge in [-0.3, -0.25) is 0 Å². The van der Waals surface area contributed by atoms with Crippen LogP contribution < -0.4 is 9.64 Å². The molecule has 0 aliphatic carbocycles. The molecule has 0 radical (unpaired) electrons. The lowest BCUT2D eigenvalue weighted by molar-refractivity contribution is -0.000255. The molecule has 1 atom stereocenters. The lowest BCUT2D eigenvalue weighted by atomic mass is 10.2. The molecule has 3 heteroatoms. The van der Waals surface area contributed by atoms with Crippen molar-refractivity contribution < 1.29 is 9.84 Å². The van der Waals surface area contributed by atoms with Crippen LogP contribution in [0.3, 0.4) is 0 Å². The van der Waals surface area contributed by atoms with Crippen molar-refractivity contribution in [3.8, 4) is 5.75 Å². The number of benzene rings is 1. The van der Waals surface area contributed by atoms with E-state index in [4.69, 9.17) is 9.84 Å². The molecule has 0 bridgehead atoms. The van der Waals surface area contributed by atoms with Gasteiger partial charge in [-0.25, -0.2) is 0 Å². The normalized spacial score (nSPS) is 12.3. The molecule has 0 fully saturated rings. The van der Waals surface area contributed by atoms with E-state index < -0.39 is 6.29 Å². The predicted molar refractivity (Wildman–Crippen MR) is 62.3 cm³/mol. The average Bonchev–Trinajstić information content (AvgIpc) is 2.19. The van der Waals surface area contributed by atoms with Crippen LogP contribution in [0.25, 0.3) is 0 Å². The molecule has 1 aromatic rings. The van der Waals surface area contributed by atoms with Gasteiger partial charge in [0.2, 0.25) is 0 Å². The third kappa shape index (κ3) is 3.44. The summed E-state index contributed by atoms with van der Waals surface area (Å²) in [6.07, 6.45) is -0.767. The van der Waals surface area contributed by atoms with Crippen LogP contribution in [0.5, 0.6) is 5.75 Å². The molecule has 1 rings (SSSR count). The summed E-state index contributed by atoms with van der Waals surface area (Å²) in [5, 5.41) is 9.11. The Morgan fingerprint density at radius 2 is 2.00 bits per heavy atom. The fourth-order valence-corrected chi connectivity index (χ4v) is 1.54. The van der Waals surface area contributed by atoms with E-state index in [1.807, 2.05) is 24.3 Å². The van der Waals surface area contributed by atoms with Crippen LogP contribution >= 0.6 is 0 Å². The molecule has 3 nitrogen and oxygen atoms in total. The summed E-state index contributed by atoms with van der Waals surface area (Å²) in [5.74, 6) is 0.703. The number of nitrogens with zero attached hydrogens (tertiary/aromatic N) is 1. The molecule has 1 aromatic carbocycles. The number of anilines is 1. The lowest BCUT2D eigenvalue weighted by Gasteiger charge is -2.21. The second-order valence-electron chi connectivity index (χ2n) is 3.39. The zero-order valence-corrected chi connectivity index (χ0v) is 9.60. The SMILES string of the molecule is CCN(CC)c1cccc(OC(C)O)c1. The van der Waals surface area contributed by atoms with Gasteiger partial charge >= 0.3 is 0 Å². The molecule has 84 valence electrons. The lowest BCUT2D eigenvalue weighted by Crippen LogP contribution is -2.21. The summed E-state index contributed by atoms with van der Waals surface area (Å²) < 4.78 is 5.22. The summed E-state index contributed by atoms with van der Waals surface area (Å²) >= 11 is 0. The van der Waals surface area contributed by atoms with Crippen molar-refractivity contribution >= 4 is 5.69 Å². The first kappa shape index (κ1) is 11.9. The van der Waals surface area contributed by atoms with Crippen LogP contribution in [0.1, 0.15) is 20.8 Å². The molecule has 0 amide bonds. The van der Waals surface area contributed by atoms with Gasteiger partial charge in [-0.1, -0.05) is 6.07 Å². The predicted octanol–water partition coefficient (Wildman–Crippen LogP) is 2.25. The van der Waals surface area contributed by atoms with Gasteiger partial charge < -0.3 is 14.7 Å². The molecule has 0 spiro atoms. The first-order valence-corrected chi connectivity index (χ1v) is 5.37. The largest absolute Gasteiger partial charge is 0.465 e. The maximum atomic E-state index is 9.11. The topological polar surface area (TPSA) is 32.7 Å². The van der Waals surface area contributed by atoms with Gasteiger partial charge in [0.05, 0.1) is 0 Å². The highest BCUT2D eigenvalue weighted by Gasteiger charge is 2.04. The smallest absolute Gasteiger partial charge is 0.194 e. The van der Waals surface area contributed by atoms with E-state index in [0.29, 0.717) is 5.75 Å². The van der Waals surface area contributed by atoms with Crippen LogP contribution in [-0.4, -0.2) is 24.5 Å². The molecule has 1 unspecified atom stereocenters. The van der Waals surface area contributed by atoms with Crippen molar-refractivity contribution in [3.63, 3.8) is 0 Å². The summed E-state index contributed by atoms with van der Waals surface area (Å²) in [7, 11) is 0. The number of hydrogen-bond acceptors (Lipinski definition) is 3. The maximum Gasteiger partial charge on any atom is 0.194 e. The third-order valence-electron chi connectivity index (χ3n) is 2.25. The molecule has 0 aliphatic rings. The highest BCUT2D eigenvalue weighted by Crippen LogP contribution is 2.21. The van der Waals surface area contributed by atoms with E-state index in [0.717, 1.165) is 18.8 Å². The molecule has 1 N–H and O–H groups in total. The van der Waals surface area contributed by atoms with Crippen LogP contribution in [0.2, 0.25) is 0 Å². The average molecular weight is 209 g/mol. The summed E-state index contributed by atoms with van der Waals surface area (Å²) in [6.45, 7) is 7.77. The third-order valence-corrected chi connectivity index (χ3v) is 2.25. The standard InChI is InChI=1S/C12H19NO2/c1-4-13(5-2)11-7-6-8-12(9-11)15-10(3)14/h6-10,14H,4-5H2,1-3H3. The zero-order chi connectivity index (χ0) is 11.3. The second kappa shape index (κ2) is 5.61. The minimum Gasteiger partial charge on any atom is -0.465 e. The first-order chi connectivity index (χ1) is 7.17. The Labute approximate surface area is 91.3 Å². The van der Waals surface area contributed by atoms with Gasteiger partial charge in [-0.15, -0.1) is 0 Å². The highest BCUT2D eigenvalue weighted by molar-refractivity contribution is 5.50. The highest BCUT2D eigenvalue weighted by atomic mass is 16.6. The fourth-order valence-electron chi connectivity index (χ4n) is 1.54. The molecule has 0 saturated heterocycles. The monoisotopic (exact) mass is 209 g/mol. The van der Waals surface area contributed by atoms with Crippen LogP contribution in [0.4, 0.5) is 5.69 Å². The quantitative estimate of drug-likeness (QED) is 0.755. The van der Waals surface area contributed by atoms with E-state index >= 15 is 0 Å². The Balaban J connectivity index is 2.81. The summed E-state index contributed by atoms with van der Waals surface area (Å²) in [6, 6.07) is 7.77. The Morgan fingerprint density at radius 3 is 2.53 bits per heavy atom. The number of ether oxygens (including phenoxy) is 1. The molecule has 0 heterocycles. The van der Waals surface area contributed by atoms with E-state index in [2.05, 4.69) is 18.7 Å². The van der Waals surface area contributed by atoms with Gasteiger partial charge in [-0.05, 0) is 32.9 Å². The van der Waals surface area contributed by atoms with E-state index in [-0.39, 0.29) is 0 Å². The van der Waals surface area contributed by atoms with Crippen molar-refractivity contribution in [1.82, 2.24) is 0 Å². The van der Waals surface area contributed by atoms with Gasteiger partial charge in [0, 0.05) is 24.8 Å². The Bertz CT molecular complexity index is 295. The van der Waals surface area contributed by atoms with Crippen molar-refractivity contribution in [2.45, 2.75) is 27.1 Å². The second-order valence-corrected chi connectivity index (χ2v) is 3.39. The minimum absolute atomic E-state index is 0.703. The van der Waals surface area contributed by atoms with Crippen molar-refractivity contribution in [2.24, 2.45) is 0 Å². The number of aliphatic hydroxyl groups excluding tert-OH is 1. The Hall–Kier alpha value is -1.22. The fraction of sp³-hybridized carbons (Fsp3) is 0.500. The van der Waals surface area contributed by atoms with E-state index in [1.165, 1.54) is 0 Å². The molecule has 0 aliphatic heterocycles. The number of aliphatic hydroxyl groups is 1. The van der Waals surface area contributed by atoms with Crippen molar-refractivity contribution in [1.29, 1.82) is 0 Å². The first-order valence-electron chi connectivity index (χ1n) is 5.37. The number of rotatable bonds is 5. The van der Waals surface area contributed by atoms with Crippen LogP contribution in [0, 0.1) is 0 Å². The van der Waals surface area contributed by atoms with Crippen LogP contribution in [0.15, 0.2) is 24.3 Å². The van der Waals surface area contributed by atoms with Crippen molar-refractivity contribution in [3.05, 3.63) is 24.3 Å². The van der Waals surface area contributed by atoms with Crippen LogP contribution in [-0.2, 0) is 0 Å². The van der Waals surface area contributed by atoms with Gasteiger partial charge in [-0.2, -0.15) is 0 Å². The number of hydrogen-bond donors (Lipinski definition) is 1. The van der Waals surface area contributed by atoms with E-state index in [9.17, 15) is 0 Å². The van der Waals surface area contributed by atoms with Gasteiger partial charge in [0.15, 0.2) is 6.29 Å². The van der Waals surface area contributed by atoms with Gasteiger partial charge in [0.25, 0.3) is 0 Å². The summed E-state index contributed by atoms with van der Waals surface area (Å²) in [4.78, 5) is 2.23. The van der Waals surface area contributed by atoms with Gasteiger partial charge in [0.1, 0.15) is 5.75 Å².